The molecule has 0 saturated heterocycles. The number of allylic oxidation sites excluding steroid dienone is 6. The third-order valence-corrected chi connectivity index (χ3v) is 16.6. The highest BCUT2D eigenvalue weighted by Gasteiger charge is 2.19. The summed E-state index contributed by atoms with van der Waals surface area (Å²) in [4.78, 5) is 38.4. The highest BCUT2D eigenvalue weighted by molar-refractivity contribution is 5.71. The van der Waals surface area contributed by atoms with Crippen molar-refractivity contribution >= 4 is 17.9 Å². The molecule has 0 bridgehead atoms. The zero-order valence-corrected chi connectivity index (χ0v) is 54.8. The summed E-state index contributed by atoms with van der Waals surface area (Å²) in [5.74, 6) is -0.856. The van der Waals surface area contributed by atoms with Gasteiger partial charge in [0.15, 0.2) is 6.10 Å². The predicted octanol–water partition coefficient (Wildman–Crippen LogP) is 25.1. The molecular weight excluding hydrogens is 997 g/mol. The SMILES string of the molecule is CCCC/C=C\CCCCCCCC(=O)OCC(COC(=O)CCCCCCCCCCCCCCCCCCCCCCCCCCCCCCC)OC(=O)CCCCCCCCCCCCC/C=C\C/C=C\CCCCCCC. The van der Waals surface area contributed by atoms with Crippen LogP contribution in [0.15, 0.2) is 36.5 Å². The van der Waals surface area contributed by atoms with Crippen LogP contribution in [0, 0.1) is 0 Å². The predicted molar refractivity (Wildman–Crippen MR) is 353 cm³/mol. The van der Waals surface area contributed by atoms with Crippen LogP contribution in [0.1, 0.15) is 406 Å². The molecule has 0 aromatic rings. The Morgan fingerprint density at radius 1 is 0.247 bits per heavy atom. The van der Waals surface area contributed by atoms with Crippen LogP contribution < -0.4 is 0 Å². The van der Waals surface area contributed by atoms with Crippen LogP contribution in [0.2, 0.25) is 0 Å². The van der Waals surface area contributed by atoms with Gasteiger partial charge in [0.05, 0.1) is 0 Å². The normalized spacial score (nSPS) is 12.2. The molecule has 0 fully saturated rings. The van der Waals surface area contributed by atoms with Gasteiger partial charge in [-0.1, -0.05) is 353 Å². The van der Waals surface area contributed by atoms with E-state index in [0.29, 0.717) is 19.3 Å². The summed E-state index contributed by atoms with van der Waals surface area (Å²) in [6.07, 6.45) is 87.7. The van der Waals surface area contributed by atoms with Crippen LogP contribution >= 0.6 is 0 Å². The Labute approximate surface area is 506 Å². The van der Waals surface area contributed by atoms with Crippen LogP contribution in [-0.2, 0) is 28.6 Å². The van der Waals surface area contributed by atoms with E-state index in [-0.39, 0.29) is 31.1 Å². The Balaban J connectivity index is 4.14. The van der Waals surface area contributed by atoms with Gasteiger partial charge in [-0.2, -0.15) is 0 Å². The first kappa shape index (κ1) is 78.6. The van der Waals surface area contributed by atoms with Gasteiger partial charge in [-0.15, -0.1) is 0 Å². The third kappa shape index (κ3) is 68.3. The minimum atomic E-state index is -0.775. The number of rotatable bonds is 68. The second-order valence-electron chi connectivity index (χ2n) is 24.9. The smallest absolute Gasteiger partial charge is 0.306 e. The molecule has 0 heterocycles. The van der Waals surface area contributed by atoms with Gasteiger partial charge >= 0.3 is 17.9 Å². The van der Waals surface area contributed by atoms with E-state index in [9.17, 15) is 14.4 Å². The molecule has 0 aromatic carbocycles. The topological polar surface area (TPSA) is 78.9 Å². The molecule has 0 amide bonds. The number of carbonyl (C=O) groups excluding carboxylic acids is 3. The fourth-order valence-electron chi connectivity index (χ4n) is 11.1. The molecule has 6 nitrogen and oxygen atoms in total. The summed E-state index contributed by atoms with van der Waals surface area (Å²) in [6, 6.07) is 0. The van der Waals surface area contributed by atoms with Crippen molar-refractivity contribution in [1.29, 1.82) is 0 Å². The van der Waals surface area contributed by atoms with Gasteiger partial charge in [0.2, 0.25) is 0 Å². The molecule has 0 radical (unpaired) electrons. The van der Waals surface area contributed by atoms with E-state index in [1.165, 1.54) is 295 Å². The lowest BCUT2D eigenvalue weighted by atomic mass is 10.0. The standard InChI is InChI=1S/C75H140O6/c1-4-7-10-13-16-19-22-24-26-28-30-32-34-35-36-37-38-39-41-42-44-46-48-50-53-56-59-62-65-68-74(77)80-71-72(70-79-73(76)67-64-61-58-55-52-21-18-15-12-9-6-3)81-75(78)69-66-63-60-57-54-51-49-47-45-43-40-33-31-29-27-25-23-20-17-14-11-8-5-2/h15,18,23,25,29,31,72H,4-14,16-17,19-22,24,26-28,30,32-71H2,1-3H3/b18-15-,25-23-,31-29-. The average molecular weight is 1140 g/mol. The van der Waals surface area contributed by atoms with Gasteiger partial charge in [-0.05, 0) is 70.6 Å². The summed E-state index contributed by atoms with van der Waals surface area (Å²) in [5.41, 5.74) is 0. The van der Waals surface area contributed by atoms with Gasteiger partial charge in [0, 0.05) is 19.3 Å². The first-order valence-corrected chi connectivity index (χ1v) is 36.5. The van der Waals surface area contributed by atoms with E-state index in [1.807, 2.05) is 0 Å². The van der Waals surface area contributed by atoms with Gasteiger partial charge < -0.3 is 14.2 Å². The maximum Gasteiger partial charge on any atom is 0.306 e. The molecule has 0 aliphatic rings. The number of unbranched alkanes of at least 4 members (excludes halogenated alkanes) is 51. The number of carbonyl (C=O) groups is 3. The lowest BCUT2D eigenvalue weighted by molar-refractivity contribution is -0.167. The second-order valence-corrected chi connectivity index (χ2v) is 24.9. The van der Waals surface area contributed by atoms with Crippen molar-refractivity contribution in [3.05, 3.63) is 36.5 Å². The Bertz CT molecular complexity index is 1350. The van der Waals surface area contributed by atoms with Crippen molar-refractivity contribution in [2.45, 2.75) is 412 Å². The quantitative estimate of drug-likeness (QED) is 0.0261. The van der Waals surface area contributed by atoms with E-state index in [4.69, 9.17) is 14.2 Å². The number of esters is 3. The first-order valence-electron chi connectivity index (χ1n) is 36.5. The molecule has 0 rings (SSSR count). The Hall–Kier alpha value is -2.37. The van der Waals surface area contributed by atoms with Crippen molar-refractivity contribution in [3.63, 3.8) is 0 Å². The summed E-state index contributed by atoms with van der Waals surface area (Å²) < 4.78 is 17.0. The zero-order valence-electron chi connectivity index (χ0n) is 54.8. The maximum absolute atomic E-state index is 12.9. The molecular formula is C75H140O6. The summed E-state index contributed by atoms with van der Waals surface area (Å²) in [6.45, 7) is 6.66. The molecule has 0 saturated carbocycles. The van der Waals surface area contributed by atoms with E-state index in [0.717, 1.165) is 70.6 Å². The highest BCUT2D eigenvalue weighted by Crippen LogP contribution is 2.19. The minimum absolute atomic E-state index is 0.0709. The largest absolute Gasteiger partial charge is 0.462 e. The molecule has 81 heavy (non-hydrogen) atoms. The van der Waals surface area contributed by atoms with Crippen LogP contribution in [0.4, 0.5) is 0 Å². The molecule has 0 aliphatic heterocycles. The summed E-state index contributed by atoms with van der Waals surface area (Å²) in [7, 11) is 0. The summed E-state index contributed by atoms with van der Waals surface area (Å²) in [5, 5.41) is 0. The van der Waals surface area contributed by atoms with Crippen molar-refractivity contribution in [2.24, 2.45) is 0 Å². The molecule has 0 spiro atoms. The van der Waals surface area contributed by atoms with E-state index in [1.54, 1.807) is 0 Å². The molecule has 6 heteroatoms. The number of hydrogen-bond acceptors (Lipinski definition) is 6. The van der Waals surface area contributed by atoms with Gasteiger partial charge in [0.1, 0.15) is 13.2 Å². The molecule has 0 aromatic heterocycles. The summed E-state index contributed by atoms with van der Waals surface area (Å²) >= 11 is 0. The fourth-order valence-corrected chi connectivity index (χ4v) is 11.1. The van der Waals surface area contributed by atoms with E-state index < -0.39 is 6.10 Å². The van der Waals surface area contributed by atoms with E-state index in [2.05, 4.69) is 57.2 Å². The van der Waals surface area contributed by atoms with Crippen LogP contribution in [0.3, 0.4) is 0 Å². The zero-order chi connectivity index (χ0) is 58.5. The Morgan fingerprint density at radius 2 is 0.457 bits per heavy atom. The second kappa shape index (κ2) is 70.1. The minimum Gasteiger partial charge on any atom is -0.462 e. The van der Waals surface area contributed by atoms with Crippen molar-refractivity contribution in [3.8, 4) is 0 Å². The average Bonchev–Trinajstić information content (AvgIpc) is 3.47. The maximum atomic E-state index is 12.9. The number of ether oxygens (including phenoxy) is 3. The van der Waals surface area contributed by atoms with Gasteiger partial charge in [0.25, 0.3) is 0 Å². The van der Waals surface area contributed by atoms with Crippen LogP contribution in [0.25, 0.3) is 0 Å². The monoisotopic (exact) mass is 1140 g/mol. The molecule has 0 N–H and O–H groups in total. The van der Waals surface area contributed by atoms with Crippen molar-refractivity contribution in [1.82, 2.24) is 0 Å². The van der Waals surface area contributed by atoms with E-state index >= 15 is 0 Å². The lowest BCUT2D eigenvalue weighted by Crippen LogP contribution is -2.30. The fraction of sp³-hybridized carbons (Fsp3) is 0.880. The van der Waals surface area contributed by atoms with Crippen molar-refractivity contribution < 1.29 is 28.6 Å². The molecule has 1 atom stereocenters. The molecule has 1 unspecified atom stereocenters. The lowest BCUT2D eigenvalue weighted by Gasteiger charge is -2.18. The Morgan fingerprint density at radius 3 is 0.728 bits per heavy atom. The van der Waals surface area contributed by atoms with Gasteiger partial charge in [-0.25, -0.2) is 0 Å². The third-order valence-electron chi connectivity index (χ3n) is 16.6. The Kier molecular flexibility index (Phi) is 68.1. The first-order chi connectivity index (χ1) is 40.0. The highest BCUT2D eigenvalue weighted by atomic mass is 16.6. The van der Waals surface area contributed by atoms with Crippen LogP contribution in [-0.4, -0.2) is 37.2 Å². The van der Waals surface area contributed by atoms with Crippen molar-refractivity contribution in [2.75, 3.05) is 13.2 Å². The van der Waals surface area contributed by atoms with Gasteiger partial charge in [-0.3, -0.25) is 14.4 Å². The van der Waals surface area contributed by atoms with Crippen LogP contribution in [0.5, 0.6) is 0 Å². The molecule has 476 valence electrons. The molecule has 0 aliphatic carbocycles. The number of hydrogen-bond donors (Lipinski definition) is 0.